The van der Waals surface area contributed by atoms with E-state index in [-0.39, 0.29) is 12.1 Å². The zero-order chi connectivity index (χ0) is 9.40. The van der Waals surface area contributed by atoms with Crippen molar-refractivity contribution in [3.8, 4) is 12.3 Å². The highest BCUT2D eigenvalue weighted by atomic mass is 16.3. The van der Waals surface area contributed by atoms with Gasteiger partial charge in [-0.1, -0.05) is 26.2 Å². The number of terminal acetylenes is 1. The minimum Gasteiger partial charge on any atom is -0.392 e. The molecule has 0 saturated carbocycles. The van der Waals surface area contributed by atoms with Gasteiger partial charge in [0.25, 0.3) is 0 Å². The maximum Gasteiger partial charge on any atom is 0.0687 e. The highest BCUT2D eigenvalue weighted by Gasteiger charge is 2.05. The highest BCUT2D eigenvalue weighted by molar-refractivity contribution is 4.98. The van der Waals surface area contributed by atoms with E-state index in [1.165, 1.54) is 0 Å². The van der Waals surface area contributed by atoms with Gasteiger partial charge in [0.1, 0.15) is 0 Å². The third-order valence-corrected chi connectivity index (χ3v) is 1.85. The first kappa shape index (κ1) is 11.5. The lowest BCUT2D eigenvalue weighted by atomic mass is 10.1. The molecule has 12 heavy (non-hydrogen) atoms. The summed E-state index contributed by atoms with van der Waals surface area (Å²) in [7, 11) is 0. The Bertz CT molecular complexity index is 139. The maximum atomic E-state index is 9.24. The number of aliphatic hydroxyl groups is 1. The summed E-state index contributed by atoms with van der Waals surface area (Å²) in [4.78, 5) is 0. The molecule has 0 aromatic rings. The van der Waals surface area contributed by atoms with Crippen LogP contribution in [0.4, 0.5) is 0 Å². The molecule has 0 aliphatic rings. The van der Waals surface area contributed by atoms with E-state index in [4.69, 9.17) is 6.42 Å². The highest BCUT2D eigenvalue weighted by Crippen LogP contribution is 1.95. The number of hydrogen-bond acceptors (Lipinski definition) is 2. The average molecular weight is 169 g/mol. The second-order valence-corrected chi connectivity index (χ2v) is 2.98. The molecule has 0 bridgehead atoms. The van der Waals surface area contributed by atoms with E-state index in [1.54, 1.807) is 0 Å². The van der Waals surface area contributed by atoms with Crippen LogP contribution < -0.4 is 5.32 Å². The van der Waals surface area contributed by atoms with E-state index in [2.05, 4.69) is 18.2 Å². The van der Waals surface area contributed by atoms with Gasteiger partial charge in [-0.15, -0.1) is 6.42 Å². The van der Waals surface area contributed by atoms with E-state index < -0.39 is 0 Å². The molecular weight excluding hydrogens is 150 g/mol. The minimum absolute atomic E-state index is 0.121. The molecule has 0 aliphatic carbocycles. The molecule has 0 aliphatic heterocycles. The lowest BCUT2D eigenvalue weighted by Crippen LogP contribution is -2.34. The average Bonchev–Trinajstić information content (AvgIpc) is 2.11. The Kier molecular flexibility index (Phi) is 6.84. The lowest BCUT2D eigenvalue weighted by molar-refractivity contribution is 0.165. The van der Waals surface area contributed by atoms with Gasteiger partial charge in [0.2, 0.25) is 0 Å². The van der Waals surface area contributed by atoms with Crippen LogP contribution in [0.25, 0.3) is 0 Å². The van der Waals surface area contributed by atoms with E-state index in [0.717, 1.165) is 19.3 Å². The van der Waals surface area contributed by atoms with Crippen LogP contribution in [-0.4, -0.2) is 23.8 Å². The topological polar surface area (TPSA) is 32.3 Å². The van der Waals surface area contributed by atoms with Gasteiger partial charge in [-0.05, 0) is 12.8 Å². The molecule has 0 aromatic carbocycles. The van der Waals surface area contributed by atoms with Crippen molar-refractivity contribution in [2.24, 2.45) is 0 Å². The van der Waals surface area contributed by atoms with Gasteiger partial charge in [0, 0.05) is 6.54 Å². The summed E-state index contributed by atoms with van der Waals surface area (Å²) in [6.45, 7) is 4.66. The van der Waals surface area contributed by atoms with Gasteiger partial charge in [-0.2, -0.15) is 0 Å². The van der Waals surface area contributed by atoms with Gasteiger partial charge < -0.3 is 10.4 Å². The van der Waals surface area contributed by atoms with Crippen molar-refractivity contribution in [1.29, 1.82) is 0 Å². The zero-order valence-electron chi connectivity index (χ0n) is 8.01. The van der Waals surface area contributed by atoms with Gasteiger partial charge >= 0.3 is 0 Å². The zero-order valence-corrected chi connectivity index (χ0v) is 8.01. The second kappa shape index (κ2) is 7.15. The molecule has 2 atom stereocenters. The molecule has 0 radical (unpaired) electrons. The first-order chi connectivity index (χ1) is 5.74. The molecule has 2 unspecified atom stereocenters. The van der Waals surface area contributed by atoms with E-state index in [1.807, 2.05) is 6.92 Å². The van der Waals surface area contributed by atoms with Crippen LogP contribution in [0, 0.1) is 12.3 Å². The van der Waals surface area contributed by atoms with Gasteiger partial charge in [0.15, 0.2) is 0 Å². The second-order valence-electron chi connectivity index (χ2n) is 2.98. The lowest BCUT2D eigenvalue weighted by Gasteiger charge is -2.14. The van der Waals surface area contributed by atoms with Gasteiger partial charge in [-0.25, -0.2) is 0 Å². The van der Waals surface area contributed by atoms with Crippen molar-refractivity contribution in [3.05, 3.63) is 0 Å². The van der Waals surface area contributed by atoms with Crippen molar-refractivity contribution in [2.45, 2.75) is 45.3 Å². The Balaban J connectivity index is 3.52. The van der Waals surface area contributed by atoms with Crippen LogP contribution >= 0.6 is 0 Å². The molecule has 0 fully saturated rings. The first-order valence-electron chi connectivity index (χ1n) is 4.62. The monoisotopic (exact) mass is 169 g/mol. The molecule has 0 aromatic heterocycles. The standard InChI is InChI=1S/C10H19NO/c1-4-7-9(5-2)11-8-10(12)6-3/h2,9-12H,4,6-8H2,1,3H3. The normalized spacial score (nSPS) is 15.2. The van der Waals surface area contributed by atoms with Crippen LogP contribution in [-0.2, 0) is 0 Å². The fourth-order valence-electron chi connectivity index (χ4n) is 0.956. The van der Waals surface area contributed by atoms with Crippen LogP contribution in [0.1, 0.15) is 33.1 Å². The fourth-order valence-corrected chi connectivity index (χ4v) is 0.956. The van der Waals surface area contributed by atoms with Gasteiger partial charge in [0.05, 0.1) is 12.1 Å². The third-order valence-electron chi connectivity index (χ3n) is 1.85. The summed E-state index contributed by atoms with van der Waals surface area (Å²) in [6.07, 6.45) is 7.85. The van der Waals surface area contributed by atoms with Crippen molar-refractivity contribution >= 4 is 0 Å². The first-order valence-corrected chi connectivity index (χ1v) is 4.62. The molecular formula is C10H19NO. The third kappa shape index (κ3) is 5.17. The smallest absolute Gasteiger partial charge is 0.0687 e. The number of nitrogens with one attached hydrogen (secondary N) is 1. The van der Waals surface area contributed by atoms with E-state index in [9.17, 15) is 5.11 Å². The van der Waals surface area contributed by atoms with Crippen molar-refractivity contribution in [3.63, 3.8) is 0 Å². The van der Waals surface area contributed by atoms with Crippen LogP contribution in [0.3, 0.4) is 0 Å². The van der Waals surface area contributed by atoms with Crippen LogP contribution in [0.5, 0.6) is 0 Å². The maximum absolute atomic E-state index is 9.24. The molecule has 70 valence electrons. The van der Waals surface area contributed by atoms with Crippen LogP contribution in [0.15, 0.2) is 0 Å². The Morgan fingerprint density at radius 2 is 2.17 bits per heavy atom. The Morgan fingerprint density at radius 3 is 2.58 bits per heavy atom. The summed E-state index contributed by atoms with van der Waals surface area (Å²) in [5.41, 5.74) is 0. The molecule has 2 nitrogen and oxygen atoms in total. The Hall–Kier alpha value is -0.520. The predicted molar refractivity (Wildman–Crippen MR) is 51.8 cm³/mol. The van der Waals surface area contributed by atoms with Gasteiger partial charge in [-0.3, -0.25) is 0 Å². The van der Waals surface area contributed by atoms with E-state index >= 15 is 0 Å². The molecule has 0 heterocycles. The summed E-state index contributed by atoms with van der Waals surface area (Å²) < 4.78 is 0. The fraction of sp³-hybridized carbons (Fsp3) is 0.800. The molecule has 2 heteroatoms. The largest absolute Gasteiger partial charge is 0.392 e. The Morgan fingerprint density at radius 1 is 1.50 bits per heavy atom. The summed E-state index contributed by atoms with van der Waals surface area (Å²) in [5, 5.41) is 12.4. The van der Waals surface area contributed by atoms with E-state index in [0.29, 0.717) is 6.54 Å². The molecule has 0 spiro atoms. The van der Waals surface area contributed by atoms with Crippen molar-refractivity contribution < 1.29 is 5.11 Å². The molecule has 0 rings (SSSR count). The number of hydrogen-bond donors (Lipinski definition) is 2. The summed E-state index contributed by atoms with van der Waals surface area (Å²) >= 11 is 0. The molecule has 0 saturated heterocycles. The predicted octanol–water partition coefficient (Wildman–Crippen LogP) is 1.15. The summed E-state index contributed by atoms with van der Waals surface area (Å²) in [6, 6.07) is 0.121. The van der Waals surface area contributed by atoms with Crippen molar-refractivity contribution in [1.82, 2.24) is 5.32 Å². The quantitative estimate of drug-likeness (QED) is 0.585. The molecule has 0 amide bonds. The van der Waals surface area contributed by atoms with Crippen LogP contribution in [0.2, 0.25) is 0 Å². The SMILES string of the molecule is C#CC(CCC)NCC(O)CC. The minimum atomic E-state index is -0.266. The number of aliphatic hydroxyl groups excluding tert-OH is 1. The summed E-state index contributed by atoms with van der Waals surface area (Å²) in [5.74, 6) is 2.66. The Labute approximate surface area is 75.4 Å². The van der Waals surface area contributed by atoms with Crippen molar-refractivity contribution in [2.75, 3.05) is 6.54 Å². The molecule has 2 N–H and O–H groups in total. The number of rotatable bonds is 6.